The molecule has 3 aromatic rings. The molecule has 2 aromatic carbocycles. The molecule has 0 saturated heterocycles. The van der Waals surface area contributed by atoms with Crippen LogP contribution in [-0.4, -0.2) is 39.2 Å². The SMILES string of the molecule is COC(=O)c1cc(-c2cnoc2-c2cc(OC)c3c(c2)OCO3)ccc1OC. The third kappa shape index (κ3) is 2.88. The zero-order valence-corrected chi connectivity index (χ0v) is 15.5. The molecule has 0 amide bonds. The molecule has 8 nitrogen and oxygen atoms in total. The molecule has 1 aliphatic rings. The molecule has 8 heteroatoms. The summed E-state index contributed by atoms with van der Waals surface area (Å²) >= 11 is 0. The van der Waals surface area contributed by atoms with Crippen molar-refractivity contribution in [3.63, 3.8) is 0 Å². The third-order valence-electron chi connectivity index (χ3n) is 4.41. The molecule has 0 fully saturated rings. The first-order valence-corrected chi connectivity index (χ1v) is 8.35. The Kier molecular flexibility index (Phi) is 4.52. The maximum absolute atomic E-state index is 12.1. The summed E-state index contributed by atoms with van der Waals surface area (Å²) in [5.41, 5.74) is 2.41. The van der Waals surface area contributed by atoms with Crippen LogP contribution in [-0.2, 0) is 4.74 Å². The number of fused-ring (bicyclic) bond motifs is 1. The van der Waals surface area contributed by atoms with E-state index in [-0.39, 0.29) is 6.79 Å². The van der Waals surface area contributed by atoms with Gasteiger partial charge < -0.3 is 28.2 Å². The minimum Gasteiger partial charge on any atom is -0.496 e. The molecule has 0 bridgehead atoms. The molecule has 0 unspecified atom stereocenters. The van der Waals surface area contributed by atoms with Gasteiger partial charge in [0, 0.05) is 11.1 Å². The van der Waals surface area contributed by atoms with Crippen LogP contribution in [0.4, 0.5) is 0 Å². The average molecular weight is 383 g/mol. The van der Waals surface area contributed by atoms with Crippen LogP contribution in [0.15, 0.2) is 41.1 Å². The highest BCUT2D eigenvalue weighted by atomic mass is 16.7. The number of aromatic nitrogens is 1. The van der Waals surface area contributed by atoms with E-state index in [0.29, 0.717) is 51.0 Å². The van der Waals surface area contributed by atoms with E-state index < -0.39 is 5.97 Å². The second-order valence-electron chi connectivity index (χ2n) is 5.89. The van der Waals surface area contributed by atoms with Crippen LogP contribution in [0.1, 0.15) is 10.4 Å². The summed E-state index contributed by atoms with van der Waals surface area (Å²) < 4.78 is 31.9. The van der Waals surface area contributed by atoms with Gasteiger partial charge in [-0.25, -0.2) is 4.79 Å². The van der Waals surface area contributed by atoms with E-state index >= 15 is 0 Å². The lowest BCUT2D eigenvalue weighted by Crippen LogP contribution is -2.04. The predicted molar refractivity (Wildman–Crippen MR) is 97.9 cm³/mol. The van der Waals surface area contributed by atoms with Crippen molar-refractivity contribution in [2.75, 3.05) is 28.1 Å². The molecule has 0 saturated carbocycles. The lowest BCUT2D eigenvalue weighted by Gasteiger charge is -2.10. The predicted octanol–water partition coefficient (Wildman–Crippen LogP) is 3.54. The second-order valence-corrected chi connectivity index (χ2v) is 5.89. The number of benzene rings is 2. The van der Waals surface area contributed by atoms with Crippen molar-refractivity contribution in [1.29, 1.82) is 0 Å². The van der Waals surface area contributed by atoms with Crippen molar-refractivity contribution in [2.45, 2.75) is 0 Å². The van der Waals surface area contributed by atoms with E-state index in [4.69, 9.17) is 28.2 Å². The molecule has 2 heterocycles. The lowest BCUT2D eigenvalue weighted by molar-refractivity contribution is 0.0597. The van der Waals surface area contributed by atoms with E-state index in [9.17, 15) is 4.79 Å². The molecule has 0 atom stereocenters. The highest BCUT2D eigenvalue weighted by Crippen LogP contribution is 2.45. The first-order chi connectivity index (χ1) is 13.7. The highest BCUT2D eigenvalue weighted by molar-refractivity contribution is 5.95. The Morgan fingerprint density at radius 1 is 1.00 bits per heavy atom. The fraction of sp³-hybridized carbons (Fsp3) is 0.200. The maximum atomic E-state index is 12.1. The van der Waals surface area contributed by atoms with E-state index in [0.717, 1.165) is 0 Å². The van der Waals surface area contributed by atoms with Crippen molar-refractivity contribution in [2.24, 2.45) is 0 Å². The molecule has 0 radical (unpaired) electrons. The standard InChI is InChI=1S/C20H17NO7/c1-23-15-5-4-11(6-13(15)20(22)25-3)14-9-21-28-18(14)12-7-16(24-2)19-17(8-12)26-10-27-19/h4-9H,10H2,1-3H3. The van der Waals surface area contributed by atoms with Gasteiger partial charge in [-0.15, -0.1) is 0 Å². The minimum absolute atomic E-state index is 0.124. The maximum Gasteiger partial charge on any atom is 0.341 e. The molecule has 144 valence electrons. The van der Waals surface area contributed by atoms with Crippen LogP contribution in [0.3, 0.4) is 0 Å². The highest BCUT2D eigenvalue weighted by Gasteiger charge is 2.24. The van der Waals surface area contributed by atoms with Crippen LogP contribution in [0.25, 0.3) is 22.5 Å². The topological polar surface area (TPSA) is 89.3 Å². The quantitative estimate of drug-likeness (QED) is 0.618. The van der Waals surface area contributed by atoms with Crippen molar-refractivity contribution in [1.82, 2.24) is 5.16 Å². The second kappa shape index (κ2) is 7.15. The normalized spacial score (nSPS) is 12.0. The number of esters is 1. The number of hydrogen-bond donors (Lipinski definition) is 0. The third-order valence-corrected chi connectivity index (χ3v) is 4.41. The fourth-order valence-corrected chi connectivity index (χ4v) is 3.06. The van der Waals surface area contributed by atoms with Crippen molar-refractivity contribution >= 4 is 5.97 Å². The van der Waals surface area contributed by atoms with E-state index in [1.807, 2.05) is 6.07 Å². The summed E-state index contributed by atoms with van der Waals surface area (Å²) in [6.45, 7) is 0.124. The van der Waals surface area contributed by atoms with Crippen LogP contribution in [0.5, 0.6) is 23.0 Å². The van der Waals surface area contributed by atoms with Crippen molar-refractivity contribution in [3.05, 3.63) is 42.1 Å². The summed E-state index contributed by atoms with van der Waals surface area (Å²) in [5, 5.41) is 3.93. The molecule has 0 N–H and O–H groups in total. The fourth-order valence-electron chi connectivity index (χ4n) is 3.06. The molecular formula is C20H17NO7. The Morgan fingerprint density at radius 2 is 1.82 bits per heavy atom. The van der Waals surface area contributed by atoms with E-state index in [1.165, 1.54) is 14.2 Å². The van der Waals surface area contributed by atoms with Gasteiger partial charge in [0.2, 0.25) is 12.5 Å². The Morgan fingerprint density at radius 3 is 2.57 bits per heavy atom. The van der Waals surface area contributed by atoms with Gasteiger partial charge in [0.25, 0.3) is 0 Å². The molecule has 0 spiro atoms. The van der Waals surface area contributed by atoms with Gasteiger partial charge in [0.15, 0.2) is 17.3 Å². The summed E-state index contributed by atoms with van der Waals surface area (Å²) in [5.74, 6) is 2.04. The van der Waals surface area contributed by atoms with Crippen LogP contribution in [0.2, 0.25) is 0 Å². The van der Waals surface area contributed by atoms with Crippen molar-refractivity contribution < 1.29 is 33.0 Å². The molecular weight excluding hydrogens is 366 g/mol. The van der Waals surface area contributed by atoms with Gasteiger partial charge in [-0.3, -0.25) is 0 Å². The van der Waals surface area contributed by atoms with Crippen LogP contribution in [0, 0.1) is 0 Å². The molecule has 1 aliphatic heterocycles. The summed E-state index contributed by atoms with van der Waals surface area (Å²) in [7, 11) is 4.36. The number of hydrogen-bond acceptors (Lipinski definition) is 8. The molecule has 0 aliphatic carbocycles. The Hall–Kier alpha value is -3.68. The van der Waals surface area contributed by atoms with Crippen molar-refractivity contribution in [3.8, 4) is 45.4 Å². The zero-order chi connectivity index (χ0) is 19.7. The van der Waals surface area contributed by atoms with Gasteiger partial charge >= 0.3 is 5.97 Å². The first kappa shape index (κ1) is 17.7. The van der Waals surface area contributed by atoms with Gasteiger partial charge in [-0.2, -0.15) is 0 Å². The van der Waals surface area contributed by atoms with Gasteiger partial charge in [-0.1, -0.05) is 11.2 Å². The number of nitrogens with zero attached hydrogens (tertiary/aromatic N) is 1. The monoisotopic (exact) mass is 383 g/mol. The average Bonchev–Trinajstić information content (AvgIpc) is 3.41. The van der Waals surface area contributed by atoms with Crippen LogP contribution < -0.4 is 18.9 Å². The summed E-state index contributed by atoms with van der Waals surface area (Å²) in [4.78, 5) is 12.1. The van der Waals surface area contributed by atoms with Gasteiger partial charge in [0.1, 0.15) is 11.3 Å². The Labute approximate surface area is 160 Å². The van der Waals surface area contributed by atoms with E-state index in [1.54, 1.807) is 37.6 Å². The smallest absolute Gasteiger partial charge is 0.341 e. The number of methoxy groups -OCH3 is 3. The minimum atomic E-state index is -0.499. The Bertz CT molecular complexity index is 1040. The summed E-state index contributed by atoms with van der Waals surface area (Å²) in [6, 6.07) is 8.75. The molecule has 28 heavy (non-hydrogen) atoms. The zero-order valence-electron chi connectivity index (χ0n) is 15.5. The number of carbonyl (C=O) groups is 1. The van der Waals surface area contributed by atoms with E-state index in [2.05, 4.69) is 5.16 Å². The Balaban J connectivity index is 1.82. The molecule has 1 aromatic heterocycles. The van der Waals surface area contributed by atoms with Crippen LogP contribution >= 0.6 is 0 Å². The molecule has 4 rings (SSSR count). The summed E-state index contributed by atoms with van der Waals surface area (Å²) in [6.07, 6.45) is 1.58. The number of rotatable bonds is 5. The number of ether oxygens (including phenoxy) is 5. The van der Waals surface area contributed by atoms with Gasteiger partial charge in [0.05, 0.1) is 27.5 Å². The lowest BCUT2D eigenvalue weighted by atomic mass is 9.99. The van der Waals surface area contributed by atoms with Gasteiger partial charge in [-0.05, 0) is 29.8 Å². The number of carbonyl (C=O) groups excluding carboxylic acids is 1. The first-order valence-electron chi connectivity index (χ1n) is 8.35. The largest absolute Gasteiger partial charge is 0.496 e.